The third kappa shape index (κ3) is 3.68. The van der Waals surface area contributed by atoms with E-state index in [1.807, 2.05) is 48.0 Å². The van der Waals surface area contributed by atoms with Gasteiger partial charge in [0, 0.05) is 12.6 Å². The normalized spacial score (nSPS) is 11.7. The smallest absolute Gasteiger partial charge is 0.279 e. The molecule has 27 heavy (non-hydrogen) atoms. The molecule has 1 heterocycles. The molecule has 3 aromatic carbocycles. The van der Waals surface area contributed by atoms with Gasteiger partial charge < -0.3 is 9.30 Å². The van der Waals surface area contributed by atoms with Crippen LogP contribution in [-0.4, -0.2) is 10.5 Å². The van der Waals surface area contributed by atoms with E-state index in [2.05, 4.69) is 30.1 Å². The molecule has 0 N–H and O–H groups in total. The molecule has 4 nitrogen and oxygen atoms in total. The number of hydrogen-bond donors (Lipinski definition) is 0. The zero-order valence-electron chi connectivity index (χ0n) is 15.0. The number of hydrogen-bond acceptors (Lipinski definition) is 3. The predicted octanol–water partition coefficient (Wildman–Crippen LogP) is 5.08. The number of carbonyl (C=O) groups is 1. The van der Waals surface area contributed by atoms with Gasteiger partial charge in [-0.25, -0.2) is 0 Å². The molecule has 5 heteroatoms. The minimum atomic E-state index is -0.285. The second kappa shape index (κ2) is 7.21. The zero-order chi connectivity index (χ0) is 18.8. The van der Waals surface area contributed by atoms with Crippen LogP contribution in [-0.2, 0) is 7.05 Å². The van der Waals surface area contributed by atoms with Gasteiger partial charge in [-0.05, 0) is 55.0 Å². The number of ether oxygens (including phenoxy) is 1. The second-order valence-electron chi connectivity index (χ2n) is 6.27. The third-order valence-corrected chi connectivity index (χ3v) is 5.32. The van der Waals surface area contributed by atoms with Crippen LogP contribution >= 0.6 is 11.3 Å². The van der Waals surface area contributed by atoms with Gasteiger partial charge in [0.15, 0.2) is 4.80 Å². The highest BCUT2D eigenvalue weighted by atomic mass is 32.1. The lowest BCUT2D eigenvalue weighted by Gasteiger charge is -2.06. The molecule has 0 spiro atoms. The predicted molar refractivity (Wildman–Crippen MR) is 108 cm³/mol. The first-order valence-corrected chi connectivity index (χ1v) is 9.40. The summed E-state index contributed by atoms with van der Waals surface area (Å²) >= 11 is 1.51. The maximum absolute atomic E-state index is 12.7. The number of rotatable bonds is 3. The average molecular weight is 374 g/mol. The minimum Gasteiger partial charge on any atom is -0.457 e. The van der Waals surface area contributed by atoms with Crippen LogP contribution in [0.1, 0.15) is 15.9 Å². The van der Waals surface area contributed by atoms with Gasteiger partial charge in [-0.3, -0.25) is 4.79 Å². The van der Waals surface area contributed by atoms with Crippen LogP contribution < -0.4 is 9.54 Å². The SMILES string of the molecule is Cc1ccc2c(c1)sc(=NC(=O)c1cccc(Oc3ccccc3)c1)n2C. The van der Waals surface area contributed by atoms with E-state index in [1.54, 1.807) is 18.2 Å². The van der Waals surface area contributed by atoms with Crippen molar-refractivity contribution in [3.63, 3.8) is 0 Å². The van der Waals surface area contributed by atoms with Crippen molar-refractivity contribution in [2.24, 2.45) is 12.0 Å². The molecule has 0 unspecified atom stereocenters. The first-order chi connectivity index (χ1) is 13.1. The highest BCUT2D eigenvalue weighted by Crippen LogP contribution is 2.22. The van der Waals surface area contributed by atoms with Gasteiger partial charge in [0.05, 0.1) is 10.2 Å². The first-order valence-electron chi connectivity index (χ1n) is 8.58. The van der Waals surface area contributed by atoms with E-state index >= 15 is 0 Å². The molecular formula is C22H18N2O2S. The molecule has 0 radical (unpaired) electrons. The fraction of sp³-hybridized carbons (Fsp3) is 0.0909. The third-order valence-electron chi connectivity index (χ3n) is 4.22. The Morgan fingerprint density at radius 1 is 0.963 bits per heavy atom. The van der Waals surface area contributed by atoms with Crippen molar-refractivity contribution in [3.8, 4) is 11.5 Å². The lowest BCUT2D eigenvalue weighted by Crippen LogP contribution is -2.13. The molecule has 0 saturated heterocycles. The van der Waals surface area contributed by atoms with E-state index in [-0.39, 0.29) is 5.91 Å². The molecule has 4 rings (SSSR count). The van der Waals surface area contributed by atoms with Crippen molar-refractivity contribution in [3.05, 3.63) is 88.7 Å². The van der Waals surface area contributed by atoms with E-state index in [0.29, 0.717) is 16.1 Å². The van der Waals surface area contributed by atoms with Crippen LogP contribution in [0.2, 0.25) is 0 Å². The van der Waals surface area contributed by atoms with Crippen molar-refractivity contribution in [2.45, 2.75) is 6.92 Å². The highest BCUT2D eigenvalue weighted by Gasteiger charge is 2.09. The first kappa shape index (κ1) is 17.2. The van der Waals surface area contributed by atoms with Crippen LogP contribution in [0.4, 0.5) is 0 Å². The molecule has 0 bridgehead atoms. The number of nitrogens with zero attached hydrogens (tertiary/aromatic N) is 2. The Hall–Kier alpha value is -3.18. The van der Waals surface area contributed by atoms with Crippen molar-refractivity contribution >= 4 is 27.5 Å². The summed E-state index contributed by atoms with van der Waals surface area (Å²) < 4.78 is 8.87. The van der Waals surface area contributed by atoms with E-state index < -0.39 is 0 Å². The van der Waals surface area contributed by atoms with Gasteiger partial charge in [-0.1, -0.05) is 41.7 Å². The lowest BCUT2D eigenvalue weighted by molar-refractivity contribution is 0.0997. The Kier molecular flexibility index (Phi) is 4.60. The van der Waals surface area contributed by atoms with Gasteiger partial charge >= 0.3 is 0 Å². The Balaban J connectivity index is 1.66. The summed E-state index contributed by atoms with van der Waals surface area (Å²) in [5.74, 6) is 1.05. The summed E-state index contributed by atoms with van der Waals surface area (Å²) in [4.78, 5) is 17.7. The molecule has 1 amide bonds. The number of benzene rings is 3. The van der Waals surface area contributed by atoms with E-state index in [4.69, 9.17) is 4.74 Å². The number of aromatic nitrogens is 1. The molecule has 0 aliphatic heterocycles. The molecule has 0 saturated carbocycles. The van der Waals surface area contributed by atoms with Crippen molar-refractivity contribution in [1.29, 1.82) is 0 Å². The fourth-order valence-corrected chi connectivity index (χ4v) is 3.93. The van der Waals surface area contributed by atoms with Crippen molar-refractivity contribution in [2.75, 3.05) is 0 Å². The number of thiazole rings is 1. The number of amides is 1. The zero-order valence-corrected chi connectivity index (χ0v) is 15.9. The Labute approximate surface area is 161 Å². The molecule has 4 aromatic rings. The summed E-state index contributed by atoms with van der Waals surface area (Å²) in [5.41, 5.74) is 2.75. The lowest BCUT2D eigenvalue weighted by atomic mass is 10.2. The Bertz CT molecular complexity index is 1190. The van der Waals surface area contributed by atoms with Crippen LogP contribution in [0.3, 0.4) is 0 Å². The highest BCUT2D eigenvalue weighted by molar-refractivity contribution is 7.16. The van der Waals surface area contributed by atoms with Crippen LogP contribution in [0.5, 0.6) is 11.5 Å². The Morgan fingerprint density at radius 2 is 1.74 bits per heavy atom. The number of para-hydroxylation sites is 1. The molecule has 0 aliphatic rings. The quantitative estimate of drug-likeness (QED) is 0.502. The molecule has 0 aliphatic carbocycles. The van der Waals surface area contributed by atoms with Crippen LogP contribution in [0, 0.1) is 6.92 Å². The molecule has 0 atom stereocenters. The average Bonchev–Trinajstić information content (AvgIpc) is 2.97. The molecule has 0 fully saturated rings. The number of fused-ring (bicyclic) bond motifs is 1. The van der Waals surface area contributed by atoms with Crippen molar-refractivity contribution < 1.29 is 9.53 Å². The summed E-state index contributed by atoms with van der Waals surface area (Å²) in [7, 11) is 1.93. The van der Waals surface area contributed by atoms with Crippen molar-refractivity contribution in [1.82, 2.24) is 4.57 Å². The summed E-state index contributed by atoms with van der Waals surface area (Å²) in [6.45, 7) is 2.05. The maximum Gasteiger partial charge on any atom is 0.279 e. The fourth-order valence-electron chi connectivity index (χ4n) is 2.82. The number of carbonyl (C=O) groups excluding carboxylic acids is 1. The van der Waals surface area contributed by atoms with Crippen LogP contribution in [0.15, 0.2) is 77.8 Å². The summed E-state index contributed by atoms with van der Waals surface area (Å²) in [5, 5.41) is 0. The van der Waals surface area contributed by atoms with Gasteiger partial charge in [0.1, 0.15) is 11.5 Å². The monoisotopic (exact) mass is 374 g/mol. The largest absolute Gasteiger partial charge is 0.457 e. The molecule has 134 valence electrons. The number of aryl methyl sites for hydroxylation is 2. The van der Waals surface area contributed by atoms with E-state index in [1.165, 1.54) is 16.9 Å². The Morgan fingerprint density at radius 3 is 2.56 bits per heavy atom. The van der Waals surface area contributed by atoms with Gasteiger partial charge in [0.2, 0.25) is 0 Å². The standard InChI is InChI=1S/C22H18N2O2S/c1-15-11-12-19-20(13-15)27-22(24(19)2)23-21(25)16-7-6-10-18(14-16)26-17-8-4-3-5-9-17/h3-14H,1-2H3. The molecule has 1 aromatic heterocycles. The maximum atomic E-state index is 12.7. The minimum absolute atomic E-state index is 0.285. The second-order valence-corrected chi connectivity index (χ2v) is 7.28. The summed E-state index contributed by atoms with van der Waals surface area (Å²) in [6.07, 6.45) is 0. The van der Waals surface area contributed by atoms with Crippen LogP contribution in [0.25, 0.3) is 10.2 Å². The van der Waals surface area contributed by atoms with E-state index in [9.17, 15) is 4.79 Å². The molecular weight excluding hydrogens is 356 g/mol. The van der Waals surface area contributed by atoms with E-state index in [0.717, 1.165) is 16.0 Å². The van der Waals surface area contributed by atoms with Gasteiger partial charge in [-0.15, -0.1) is 0 Å². The summed E-state index contributed by atoms with van der Waals surface area (Å²) in [6, 6.07) is 22.8. The topological polar surface area (TPSA) is 43.6 Å². The van der Waals surface area contributed by atoms with Gasteiger partial charge in [-0.2, -0.15) is 4.99 Å². The van der Waals surface area contributed by atoms with Gasteiger partial charge in [0.25, 0.3) is 5.91 Å².